The van der Waals surface area contributed by atoms with Crippen molar-refractivity contribution in [3.05, 3.63) is 0 Å². The van der Waals surface area contributed by atoms with Gasteiger partial charge < -0.3 is 10.2 Å². The summed E-state index contributed by atoms with van der Waals surface area (Å²) in [5.41, 5.74) is -1.91. The maximum Gasteiger partial charge on any atom is 0.332 e. The molecule has 0 rings (SSSR count). The number of aliphatic hydroxyl groups is 2. The number of carbonyl (C=O) groups is 1. The Morgan fingerprint density at radius 1 is 1.56 bits per heavy atom. The summed E-state index contributed by atoms with van der Waals surface area (Å²) in [6, 6.07) is 0. The van der Waals surface area contributed by atoms with Crippen LogP contribution in [0.2, 0.25) is 0 Å². The lowest BCUT2D eigenvalue weighted by atomic mass is 10.1. The lowest BCUT2D eigenvalue weighted by Crippen LogP contribution is -2.33. The summed E-state index contributed by atoms with van der Waals surface area (Å²) in [6.07, 6.45) is -0.999. The minimum atomic E-state index is -4.24. The van der Waals surface area contributed by atoms with E-state index in [-0.39, 0.29) is 6.47 Å². The zero-order valence-corrected chi connectivity index (χ0v) is 9.52. The largest absolute Gasteiger partial charge is 0.381 e. The van der Waals surface area contributed by atoms with Crippen molar-refractivity contribution in [1.29, 1.82) is 0 Å². The van der Waals surface area contributed by atoms with Gasteiger partial charge in [0.05, 0.1) is 0 Å². The second-order valence-corrected chi connectivity index (χ2v) is 4.72. The molecule has 0 aliphatic heterocycles. The Labute approximate surface area is 93.0 Å². The zero-order valence-electron chi connectivity index (χ0n) is 8.71. The van der Waals surface area contributed by atoms with Gasteiger partial charge >= 0.3 is 16.6 Å². The molecule has 2 N–H and O–H groups in total. The van der Waals surface area contributed by atoms with Crippen LogP contribution in [0.4, 0.5) is 0 Å². The molecule has 0 bridgehead atoms. The molecule has 8 heteroatoms. The summed E-state index contributed by atoms with van der Waals surface area (Å²) in [6.45, 7) is 2.25. The molecule has 0 saturated carbocycles. The molecule has 0 amide bonds. The van der Waals surface area contributed by atoms with E-state index in [1.807, 2.05) is 0 Å². The van der Waals surface area contributed by atoms with Crippen molar-refractivity contribution < 1.29 is 32.6 Å². The number of hydrogen-bond acceptors (Lipinski definition) is 7. The van der Waals surface area contributed by atoms with Gasteiger partial charge in [-0.1, -0.05) is 16.2 Å². The monoisotopic (exact) mass is 252 g/mol. The summed E-state index contributed by atoms with van der Waals surface area (Å²) < 4.78 is 25.8. The first kappa shape index (κ1) is 14.9. The van der Waals surface area contributed by atoms with Crippen molar-refractivity contribution in [2.24, 2.45) is 0 Å². The van der Waals surface area contributed by atoms with Crippen molar-refractivity contribution in [3.8, 4) is 11.8 Å². The van der Waals surface area contributed by atoms with Gasteiger partial charge in [-0.05, 0) is 13.8 Å². The molecule has 0 aromatic carbocycles. The molecule has 2 unspecified atom stereocenters. The van der Waals surface area contributed by atoms with Gasteiger partial charge in [-0.15, -0.1) is 0 Å². The summed E-state index contributed by atoms with van der Waals surface area (Å²) in [5.74, 6) is 3.44. The van der Waals surface area contributed by atoms with Crippen molar-refractivity contribution in [2.45, 2.75) is 25.6 Å². The molecule has 0 aliphatic carbocycles. The van der Waals surface area contributed by atoms with E-state index < -0.39 is 27.6 Å². The fourth-order valence-electron chi connectivity index (χ4n) is 0.740. The maximum absolute atomic E-state index is 11.1. The lowest BCUT2D eigenvalue weighted by Gasteiger charge is -2.14. The van der Waals surface area contributed by atoms with E-state index in [1.165, 1.54) is 6.92 Å². The molecular formula is C8H12O7S. The van der Waals surface area contributed by atoms with Crippen molar-refractivity contribution >= 4 is 16.6 Å². The molecule has 2 atom stereocenters. The predicted octanol–water partition coefficient (Wildman–Crippen LogP) is -1.44. The third-order valence-corrected chi connectivity index (χ3v) is 2.39. The molecule has 92 valence electrons. The highest BCUT2D eigenvalue weighted by atomic mass is 32.2. The Morgan fingerprint density at radius 2 is 2.12 bits per heavy atom. The summed E-state index contributed by atoms with van der Waals surface area (Å²) >= 11 is 0. The quantitative estimate of drug-likeness (QED) is 0.267. The lowest BCUT2D eigenvalue weighted by molar-refractivity contribution is -0.194. The van der Waals surface area contributed by atoms with Gasteiger partial charge in [0.15, 0.2) is 0 Å². The third-order valence-electron chi connectivity index (χ3n) is 1.19. The molecule has 0 spiro atoms. The van der Waals surface area contributed by atoms with Crippen molar-refractivity contribution in [2.75, 3.05) is 5.75 Å². The van der Waals surface area contributed by atoms with Gasteiger partial charge in [0.25, 0.3) is 0 Å². The summed E-state index contributed by atoms with van der Waals surface area (Å²) in [4.78, 5) is 13.3. The van der Waals surface area contributed by atoms with E-state index in [4.69, 9.17) is 5.11 Å². The van der Waals surface area contributed by atoms with Crippen LogP contribution in [0, 0.1) is 11.8 Å². The molecule has 0 aromatic heterocycles. The van der Waals surface area contributed by atoms with Crippen LogP contribution in [0.3, 0.4) is 0 Å². The van der Waals surface area contributed by atoms with Gasteiger partial charge in [-0.2, -0.15) is 8.42 Å². The fraction of sp³-hybridized carbons (Fsp3) is 0.625. The molecule has 0 aromatic rings. The van der Waals surface area contributed by atoms with E-state index in [1.54, 1.807) is 0 Å². The Hall–Kier alpha value is -1.14. The van der Waals surface area contributed by atoms with Crippen molar-refractivity contribution in [1.82, 2.24) is 0 Å². The second-order valence-electron chi connectivity index (χ2n) is 3.18. The molecule has 7 nitrogen and oxygen atoms in total. The Bertz CT molecular complexity index is 384. The smallest absolute Gasteiger partial charge is 0.332 e. The molecular weight excluding hydrogens is 240 g/mol. The number of rotatable bonds is 5. The Morgan fingerprint density at radius 3 is 2.56 bits per heavy atom. The SMILES string of the molecule is CC(O)C#CC(C)(O)CS(=O)(=O)OOC=O. The van der Waals surface area contributed by atoms with Gasteiger partial charge in [0, 0.05) is 0 Å². The minimum absolute atomic E-state index is 0.215. The van der Waals surface area contributed by atoms with Crippen LogP contribution < -0.4 is 0 Å². The van der Waals surface area contributed by atoms with E-state index in [0.717, 1.165) is 6.92 Å². The summed E-state index contributed by atoms with van der Waals surface area (Å²) in [7, 11) is -4.24. The topological polar surface area (TPSA) is 110 Å². The predicted molar refractivity (Wildman–Crippen MR) is 52.1 cm³/mol. The first-order chi connectivity index (χ1) is 7.18. The molecule has 0 fully saturated rings. The second kappa shape index (κ2) is 5.81. The van der Waals surface area contributed by atoms with E-state index >= 15 is 0 Å². The van der Waals surface area contributed by atoms with E-state index in [0.29, 0.717) is 0 Å². The van der Waals surface area contributed by atoms with Crippen LogP contribution in [-0.4, -0.2) is 42.6 Å². The van der Waals surface area contributed by atoms with Gasteiger partial charge in [-0.25, -0.2) is 0 Å². The van der Waals surface area contributed by atoms with Gasteiger partial charge in [-0.3, -0.25) is 9.68 Å². The molecule has 0 saturated heterocycles. The number of hydrogen-bond donors (Lipinski definition) is 2. The average molecular weight is 252 g/mol. The van der Waals surface area contributed by atoms with E-state index in [2.05, 4.69) is 21.1 Å². The van der Waals surface area contributed by atoms with Crippen molar-refractivity contribution in [3.63, 3.8) is 0 Å². The van der Waals surface area contributed by atoms with Crippen LogP contribution in [0.1, 0.15) is 13.8 Å². The molecule has 0 radical (unpaired) electrons. The van der Waals surface area contributed by atoms with Crippen LogP contribution in [0.5, 0.6) is 0 Å². The number of carbonyl (C=O) groups excluding carboxylic acids is 1. The highest BCUT2D eigenvalue weighted by molar-refractivity contribution is 7.86. The normalized spacial score (nSPS) is 16.5. The minimum Gasteiger partial charge on any atom is -0.381 e. The first-order valence-electron chi connectivity index (χ1n) is 4.13. The molecule has 16 heavy (non-hydrogen) atoms. The highest BCUT2D eigenvalue weighted by Crippen LogP contribution is 2.08. The average Bonchev–Trinajstić information content (AvgIpc) is 2.10. The first-order valence-corrected chi connectivity index (χ1v) is 5.71. The Balaban J connectivity index is 4.59. The molecule has 0 aliphatic rings. The van der Waals surface area contributed by atoms with Gasteiger partial charge in [0.1, 0.15) is 17.5 Å². The molecule has 0 heterocycles. The van der Waals surface area contributed by atoms with Crippen LogP contribution in [0.25, 0.3) is 0 Å². The Kier molecular flexibility index (Phi) is 5.40. The highest BCUT2D eigenvalue weighted by Gasteiger charge is 2.28. The third kappa shape index (κ3) is 7.19. The number of aliphatic hydroxyl groups excluding tert-OH is 1. The zero-order chi connectivity index (χ0) is 12.8. The maximum atomic E-state index is 11.1. The van der Waals surface area contributed by atoms with E-state index in [9.17, 15) is 18.3 Å². The fourth-order valence-corrected chi connectivity index (χ4v) is 1.70. The van der Waals surface area contributed by atoms with Crippen LogP contribution >= 0.6 is 0 Å². The van der Waals surface area contributed by atoms with Gasteiger partial charge in [0.2, 0.25) is 0 Å². The van der Waals surface area contributed by atoms with Crippen LogP contribution in [0.15, 0.2) is 0 Å². The summed E-state index contributed by atoms with van der Waals surface area (Å²) in [5, 5.41) is 18.3. The standard InChI is InChI=1S/C8H12O7S/c1-7(10)3-4-8(2,11)5-16(12,13)15-14-6-9/h6-7,10-11H,5H2,1-2H3. The van der Waals surface area contributed by atoms with Crippen LogP contribution in [-0.2, 0) is 24.1 Å².